The van der Waals surface area contributed by atoms with E-state index in [1.54, 1.807) is 26.2 Å². The lowest BCUT2D eigenvalue weighted by atomic mass is 10.1. The zero-order valence-corrected chi connectivity index (χ0v) is 22.5. The predicted octanol–water partition coefficient (Wildman–Crippen LogP) is 3.27. The molecule has 0 fully saturated rings. The highest BCUT2D eigenvalue weighted by atomic mass is 32.2. The first-order valence-corrected chi connectivity index (χ1v) is 13.4. The maximum absolute atomic E-state index is 13.6. The highest BCUT2D eigenvalue weighted by molar-refractivity contribution is 7.92. The molecule has 0 radical (unpaired) electrons. The second kappa shape index (κ2) is 12.1. The topological polar surface area (TPSA) is 96.0 Å². The van der Waals surface area contributed by atoms with Gasteiger partial charge in [0.2, 0.25) is 21.8 Å². The summed E-state index contributed by atoms with van der Waals surface area (Å²) < 4.78 is 31.9. The SMILES string of the molecule is COc1ccc(CN(C(=O)CN(c2c(C)cccc2C)S(C)(=O)=O)C(C)C(=O)NCC(C)C)cc1. The highest BCUT2D eigenvalue weighted by Crippen LogP contribution is 2.27. The van der Waals surface area contributed by atoms with E-state index in [1.165, 1.54) is 4.90 Å². The van der Waals surface area contributed by atoms with Crippen LogP contribution in [0, 0.1) is 19.8 Å². The molecule has 8 nitrogen and oxygen atoms in total. The molecule has 0 aromatic heterocycles. The Bertz CT molecular complexity index is 1110. The van der Waals surface area contributed by atoms with Crippen molar-refractivity contribution in [2.45, 2.75) is 47.2 Å². The lowest BCUT2D eigenvalue weighted by Crippen LogP contribution is -2.51. The van der Waals surface area contributed by atoms with Crippen LogP contribution >= 0.6 is 0 Å². The quantitative estimate of drug-likeness (QED) is 0.508. The zero-order chi connectivity index (χ0) is 26.3. The van der Waals surface area contributed by atoms with Gasteiger partial charge in [-0.1, -0.05) is 44.2 Å². The number of nitrogens with zero attached hydrogens (tertiary/aromatic N) is 2. The van der Waals surface area contributed by atoms with Gasteiger partial charge in [-0.25, -0.2) is 8.42 Å². The molecule has 1 atom stereocenters. The monoisotopic (exact) mass is 503 g/mol. The van der Waals surface area contributed by atoms with E-state index in [9.17, 15) is 18.0 Å². The van der Waals surface area contributed by atoms with Gasteiger partial charge in [0.05, 0.1) is 19.1 Å². The summed E-state index contributed by atoms with van der Waals surface area (Å²) in [5, 5.41) is 2.87. The third kappa shape index (κ3) is 7.71. The number of nitrogens with one attached hydrogen (secondary N) is 1. The molecule has 0 aliphatic rings. The number of aryl methyl sites for hydroxylation is 2. The van der Waals surface area contributed by atoms with Crippen LogP contribution in [-0.2, 0) is 26.2 Å². The van der Waals surface area contributed by atoms with Crippen molar-refractivity contribution in [3.8, 4) is 5.75 Å². The van der Waals surface area contributed by atoms with Gasteiger partial charge in [0.1, 0.15) is 18.3 Å². The van der Waals surface area contributed by atoms with Crippen molar-refractivity contribution in [2.75, 3.05) is 30.8 Å². The van der Waals surface area contributed by atoms with Gasteiger partial charge in [0, 0.05) is 13.1 Å². The number of amides is 2. The van der Waals surface area contributed by atoms with Crippen LogP contribution in [0.1, 0.15) is 37.5 Å². The summed E-state index contributed by atoms with van der Waals surface area (Å²) in [5.74, 6) is 0.161. The molecule has 192 valence electrons. The highest BCUT2D eigenvalue weighted by Gasteiger charge is 2.31. The number of ether oxygens (including phenoxy) is 1. The fourth-order valence-electron chi connectivity index (χ4n) is 3.74. The van der Waals surface area contributed by atoms with Gasteiger partial charge in [0.25, 0.3) is 0 Å². The molecule has 0 aliphatic carbocycles. The van der Waals surface area contributed by atoms with Gasteiger partial charge in [-0.15, -0.1) is 0 Å². The van der Waals surface area contributed by atoms with Gasteiger partial charge in [0.15, 0.2) is 0 Å². The largest absolute Gasteiger partial charge is 0.497 e. The molecule has 35 heavy (non-hydrogen) atoms. The number of carbonyl (C=O) groups excluding carboxylic acids is 2. The molecule has 0 aliphatic heterocycles. The Morgan fingerprint density at radius 3 is 2.06 bits per heavy atom. The average Bonchev–Trinajstić information content (AvgIpc) is 2.79. The summed E-state index contributed by atoms with van der Waals surface area (Å²) in [7, 11) is -2.20. The van der Waals surface area contributed by atoms with Gasteiger partial charge < -0.3 is 15.0 Å². The Labute approximate surface area is 209 Å². The number of benzene rings is 2. The minimum Gasteiger partial charge on any atom is -0.497 e. The number of sulfonamides is 1. The number of para-hydroxylation sites is 1. The van der Waals surface area contributed by atoms with Crippen molar-refractivity contribution in [3.05, 3.63) is 59.2 Å². The first-order valence-electron chi connectivity index (χ1n) is 11.6. The van der Waals surface area contributed by atoms with Gasteiger partial charge in [-0.3, -0.25) is 13.9 Å². The average molecular weight is 504 g/mol. The van der Waals surface area contributed by atoms with Crippen molar-refractivity contribution in [3.63, 3.8) is 0 Å². The molecule has 2 rings (SSSR count). The van der Waals surface area contributed by atoms with Crippen LogP contribution in [0.4, 0.5) is 5.69 Å². The molecule has 9 heteroatoms. The lowest BCUT2D eigenvalue weighted by Gasteiger charge is -2.32. The van der Waals surface area contributed by atoms with Gasteiger partial charge in [-0.2, -0.15) is 0 Å². The van der Waals surface area contributed by atoms with Gasteiger partial charge >= 0.3 is 0 Å². The Kier molecular flexibility index (Phi) is 9.71. The van der Waals surface area contributed by atoms with E-state index < -0.39 is 28.5 Å². The van der Waals surface area contributed by atoms with Gasteiger partial charge in [-0.05, 0) is 55.5 Å². The van der Waals surface area contributed by atoms with Crippen LogP contribution in [0.3, 0.4) is 0 Å². The standard InChI is InChI=1S/C26H37N3O5S/c1-18(2)15-27-26(31)21(5)28(16-22-11-13-23(34-6)14-12-22)24(30)17-29(35(7,32)33)25-19(3)9-8-10-20(25)4/h8-14,18,21H,15-17H2,1-7H3,(H,27,31). The summed E-state index contributed by atoms with van der Waals surface area (Å²) >= 11 is 0. The number of hydrogen-bond donors (Lipinski definition) is 1. The Morgan fingerprint density at radius 2 is 1.57 bits per heavy atom. The molecule has 0 saturated heterocycles. The maximum atomic E-state index is 13.6. The van der Waals surface area contributed by atoms with Crippen LogP contribution in [0.15, 0.2) is 42.5 Å². The molecule has 0 spiro atoms. The Morgan fingerprint density at radius 1 is 1.00 bits per heavy atom. The number of carbonyl (C=O) groups is 2. The fourth-order valence-corrected chi connectivity index (χ4v) is 4.70. The summed E-state index contributed by atoms with van der Waals surface area (Å²) in [4.78, 5) is 27.9. The Balaban J connectivity index is 2.42. The Hall–Kier alpha value is -3.07. The molecule has 0 bridgehead atoms. The molecular weight excluding hydrogens is 466 g/mol. The minimum atomic E-state index is -3.77. The van der Waals surface area contributed by atoms with Crippen molar-refractivity contribution < 1.29 is 22.7 Å². The van der Waals surface area contributed by atoms with E-state index in [-0.39, 0.29) is 18.4 Å². The molecule has 2 aromatic rings. The zero-order valence-electron chi connectivity index (χ0n) is 21.7. The summed E-state index contributed by atoms with van der Waals surface area (Å²) in [6.07, 6.45) is 1.08. The van der Waals surface area contributed by atoms with Crippen LogP contribution in [-0.4, -0.2) is 57.6 Å². The smallest absolute Gasteiger partial charge is 0.244 e. The normalized spacial score (nSPS) is 12.2. The molecule has 2 aromatic carbocycles. The third-order valence-electron chi connectivity index (χ3n) is 5.73. The maximum Gasteiger partial charge on any atom is 0.244 e. The number of methoxy groups -OCH3 is 1. The van der Waals surface area contributed by atoms with E-state index in [4.69, 9.17) is 4.74 Å². The van der Waals surface area contributed by atoms with Crippen LogP contribution < -0.4 is 14.4 Å². The van der Waals surface area contributed by atoms with Crippen molar-refractivity contribution >= 4 is 27.5 Å². The van der Waals surface area contributed by atoms with E-state index in [2.05, 4.69) is 5.32 Å². The van der Waals surface area contributed by atoms with Crippen LogP contribution in [0.25, 0.3) is 0 Å². The first-order chi connectivity index (χ1) is 16.3. The minimum absolute atomic E-state index is 0.142. The molecule has 2 amide bonds. The molecule has 0 saturated carbocycles. The molecular formula is C26H37N3O5S. The number of rotatable bonds is 11. The van der Waals surface area contributed by atoms with Crippen LogP contribution in [0.5, 0.6) is 5.75 Å². The lowest BCUT2D eigenvalue weighted by molar-refractivity contribution is -0.139. The molecule has 1 unspecified atom stereocenters. The van der Waals surface area contributed by atoms with E-state index >= 15 is 0 Å². The molecule has 1 N–H and O–H groups in total. The number of hydrogen-bond acceptors (Lipinski definition) is 5. The second-order valence-electron chi connectivity index (χ2n) is 9.19. The molecule has 0 heterocycles. The summed E-state index contributed by atoms with van der Waals surface area (Å²) in [6.45, 7) is 9.45. The predicted molar refractivity (Wildman–Crippen MR) is 139 cm³/mol. The van der Waals surface area contributed by atoms with E-state index in [1.807, 2.05) is 58.0 Å². The third-order valence-corrected chi connectivity index (χ3v) is 6.84. The second-order valence-corrected chi connectivity index (χ2v) is 11.1. The van der Waals surface area contributed by atoms with Crippen molar-refractivity contribution in [1.29, 1.82) is 0 Å². The summed E-state index contributed by atoms with van der Waals surface area (Å²) in [5.41, 5.74) is 2.76. The summed E-state index contributed by atoms with van der Waals surface area (Å²) in [6, 6.07) is 11.8. The number of anilines is 1. The van der Waals surface area contributed by atoms with E-state index in [0.717, 1.165) is 27.3 Å². The van der Waals surface area contributed by atoms with Crippen LogP contribution in [0.2, 0.25) is 0 Å². The fraction of sp³-hybridized carbons (Fsp3) is 0.462. The van der Waals surface area contributed by atoms with E-state index in [0.29, 0.717) is 18.0 Å². The first kappa shape index (κ1) is 28.2. The van der Waals surface area contributed by atoms with Crippen molar-refractivity contribution in [1.82, 2.24) is 10.2 Å². The van der Waals surface area contributed by atoms with Crippen molar-refractivity contribution in [2.24, 2.45) is 5.92 Å².